The molecule has 4 rings (SSSR count). The molecule has 2 heterocycles. The number of amides is 2. The first-order valence-corrected chi connectivity index (χ1v) is 12.9. The van der Waals surface area contributed by atoms with E-state index in [4.69, 9.17) is 4.74 Å². The number of carboxylic acids is 1. The number of carbonyl (C=O) groups is 3. The van der Waals surface area contributed by atoms with Gasteiger partial charge < -0.3 is 19.6 Å². The first-order chi connectivity index (χ1) is 17.0. The van der Waals surface area contributed by atoms with Crippen LogP contribution in [0.25, 0.3) is 0 Å². The van der Waals surface area contributed by atoms with Crippen molar-refractivity contribution in [2.24, 2.45) is 10.9 Å². The normalized spacial score (nSPS) is 17.0. The minimum Gasteiger partial charge on any atom is -0.494 e. The molecule has 0 unspecified atom stereocenters. The largest absolute Gasteiger partial charge is 0.494 e. The Bertz CT molecular complexity index is 957. The number of rotatable bonds is 13. The lowest BCUT2D eigenvalue weighted by molar-refractivity contribution is -0.144. The fourth-order valence-corrected chi connectivity index (χ4v) is 5.14. The van der Waals surface area contributed by atoms with Gasteiger partial charge in [-0.15, -0.1) is 0 Å². The molecule has 0 bridgehead atoms. The summed E-state index contributed by atoms with van der Waals surface area (Å²) < 4.78 is 5.87. The first-order valence-electron chi connectivity index (χ1n) is 12.9. The fraction of sp³-hybridized carbons (Fsp3) is 0.615. The lowest BCUT2D eigenvalue weighted by atomic mass is 10.0. The standard InChI is InChI=1S/C26H36N4O5/c31-23-17-30-16-20-15-21(11-12-22(20)27-26(30)28-23)35-14-6-4-10-24(32)29(18-25(33)34)13-5-3-9-19-7-1-2-8-19/h11-12,15,19H,1-10,13-14,16-18H2,(H,33,34)(H,27,28,31). The van der Waals surface area contributed by atoms with Crippen molar-refractivity contribution in [3.63, 3.8) is 0 Å². The number of guanidine groups is 1. The van der Waals surface area contributed by atoms with Crippen LogP contribution in [-0.2, 0) is 20.9 Å². The van der Waals surface area contributed by atoms with Crippen LogP contribution < -0.4 is 10.1 Å². The van der Waals surface area contributed by atoms with Crippen LogP contribution in [0.5, 0.6) is 5.75 Å². The van der Waals surface area contributed by atoms with Gasteiger partial charge in [0.05, 0.1) is 12.3 Å². The Hall–Kier alpha value is -3.10. The summed E-state index contributed by atoms with van der Waals surface area (Å²) in [5, 5.41) is 12.0. The number of carbonyl (C=O) groups excluding carboxylic acids is 2. The summed E-state index contributed by atoms with van der Waals surface area (Å²) in [5.74, 6) is 1.06. The Balaban J connectivity index is 1.15. The molecule has 0 radical (unpaired) electrons. The molecule has 1 aromatic rings. The highest BCUT2D eigenvalue weighted by atomic mass is 16.5. The summed E-state index contributed by atoms with van der Waals surface area (Å²) in [5.41, 5.74) is 1.84. The number of hydrogen-bond acceptors (Lipinski definition) is 6. The van der Waals surface area contributed by atoms with Crippen molar-refractivity contribution < 1.29 is 24.2 Å². The van der Waals surface area contributed by atoms with Crippen molar-refractivity contribution in [3.05, 3.63) is 23.8 Å². The topological polar surface area (TPSA) is 112 Å². The number of nitrogens with zero attached hydrogens (tertiary/aromatic N) is 3. The van der Waals surface area contributed by atoms with E-state index in [2.05, 4.69) is 10.3 Å². The molecule has 1 saturated heterocycles. The van der Waals surface area contributed by atoms with Gasteiger partial charge in [-0.2, -0.15) is 0 Å². The van der Waals surface area contributed by atoms with E-state index in [1.807, 2.05) is 23.1 Å². The Kier molecular flexibility index (Phi) is 8.60. The van der Waals surface area contributed by atoms with Gasteiger partial charge in [-0.3, -0.25) is 19.7 Å². The van der Waals surface area contributed by atoms with Gasteiger partial charge in [-0.1, -0.05) is 38.5 Å². The SMILES string of the molecule is O=C(O)CN(CCCCC1CCCC1)C(=O)CCCCOc1ccc2c(c1)CN1CC(=O)NC1=N2. The lowest BCUT2D eigenvalue weighted by Gasteiger charge is -2.23. The average Bonchev–Trinajstić information content (AvgIpc) is 3.47. The minimum atomic E-state index is -0.963. The molecule has 1 aromatic carbocycles. The summed E-state index contributed by atoms with van der Waals surface area (Å²) in [4.78, 5) is 43.3. The van der Waals surface area contributed by atoms with Gasteiger partial charge in [0, 0.05) is 25.1 Å². The summed E-state index contributed by atoms with van der Waals surface area (Å²) in [6, 6.07) is 5.70. The molecule has 2 fully saturated rings. The van der Waals surface area contributed by atoms with Crippen LogP contribution in [0.2, 0.25) is 0 Å². The van der Waals surface area contributed by atoms with Crippen molar-refractivity contribution in [2.45, 2.75) is 70.8 Å². The third-order valence-electron chi connectivity index (χ3n) is 7.02. The van der Waals surface area contributed by atoms with E-state index in [0.29, 0.717) is 51.5 Å². The van der Waals surface area contributed by atoms with E-state index in [1.165, 1.54) is 37.0 Å². The molecule has 0 spiro atoms. The van der Waals surface area contributed by atoms with Gasteiger partial charge in [0.1, 0.15) is 18.8 Å². The molecule has 1 aliphatic carbocycles. The van der Waals surface area contributed by atoms with Gasteiger partial charge in [0.2, 0.25) is 17.8 Å². The Morgan fingerprint density at radius 3 is 2.77 bits per heavy atom. The van der Waals surface area contributed by atoms with Crippen LogP contribution in [0.15, 0.2) is 23.2 Å². The van der Waals surface area contributed by atoms with Gasteiger partial charge in [0.25, 0.3) is 0 Å². The first kappa shape index (κ1) is 25.0. The molecule has 35 heavy (non-hydrogen) atoms. The van der Waals surface area contributed by atoms with Crippen LogP contribution >= 0.6 is 0 Å². The second kappa shape index (κ2) is 12.0. The quantitative estimate of drug-likeness (QED) is 0.415. The Labute approximate surface area is 206 Å². The van der Waals surface area contributed by atoms with Crippen molar-refractivity contribution in [1.82, 2.24) is 15.1 Å². The molecular formula is C26H36N4O5. The van der Waals surface area contributed by atoms with Crippen LogP contribution in [0.3, 0.4) is 0 Å². The molecule has 3 aliphatic rings. The van der Waals surface area contributed by atoms with E-state index in [1.54, 1.807) is 0 Å². The van der Waals surface area contributed by atoms with E-state index in [-0.39, 0.29) is 18.4 Å². The van der Waals surface area contributed by atoms with Crippen LogP contribution in [0.1, 0.15) is 69.8 Å². The number of unbranched alkanes of at least 4 members (excludes halogenated alkanes) is 2. The average molecular weight is 485 g/mol. The molecule has 2 aliphatic heterocycles. The van der Waals surface area contributed by atoms with E-state index < -0.39 is 5.97 Å². The van der Waals surface area contributed by atoms with Crippen LogP contribution in [0, 0.1) is 5.92 Å². The third kappa shape index (κ3) is 7.19. The predicted molar refractivity (Wildman–Crippen MR) is 131 cm³/mol. The molecule has 2 amide bonds. The predicted octanol–water partition coefficient (Wildman–Crippen LogP) is 3.44. The fourth-order valence-electron chi connectivity index (χ4n) is 5.14. The molecule has 2 N–H and O–H groups in total. The van der Waals surface area contributed by atoms with E-state index in [9.17, 15) is 19.5 Å². The Morgan fingerprint density at radius 1 is 1.14 bits per heavy atom. The number of aliphatic imine (C=N–C) groups is 1. The highest BCUT2D eigenvalue weighted by Crippen LogP contribution is 2.31. The molecule has 1 saturated carbocycles. The van der Waals surface area contributed by atoms with E-state index in [0.717, 1.165) is 35.8 Å². The monoisotopic (exact) mass is 484 g/mol. The second-order valence-electron chi connectivity index (χ2n) is 9.79. The van der Waals surface area contributed by atoms with Crippen molar-refractivity contribution in [3.8, 4) is 5.75 Å². The maximum atomic E-state index is 12.6. The van der Waals surface area contributed by atoms with Crippen molar-refractivity contribution in [2.75, 3.05) is 26.2 Å². The van der Waals surface area contributed by atoms with Gasteiger partial charge >= 0.3 is 5.97 Å². The molecule has 9 nitrogen and oxygen atoms in total. The number of benzene rings is 1. The summed E-state index contributed by atoms with van der Waals surface area (Å²) >= 11 is 0. The maximum Gasteiger partial charge on any atom is 0.323 e. The minimum absolute atomic E-state index is 0.0476. The zero-order chi connectivity index (χ0) is 24.6. The summed E-state index contributed by atoms with van der Waals surface area (Å²) in [7, 11) is 0. The molecule has 0 aromatic heterocycles. The number of fused-ring (bicyclic) bond motifs is 2. The molecule has 9 heteroatoms. The number of ether oxygens (including phenoxy) is 1. The summed E-state index contributed by atoms with van der Waals surface area (Å²) in [6.45, 7) is 1.70. The van der Waals surface area contributed by atoms with Gasteiger partial charge in [-0.25, -0.2) is 4.99 Å². The van der Waals surface area contributed by atoms with Crippen molar-refractivity contribution in [1.29, 1.82) is 0 Å². The lowest BCUT2D eigenvalue weighted by Crippen LogP contribution is -2.36. The van der Waals surface area contributed by atoms with Gasteiger partial charge in [0.15, 0.2) is 0 Å². The smallest absolute Gasteiger partial charge is 0.323 e. The molecular weight excluding hydrogens is 448 g/mol. The van der Waals surface area contributed by atoms with Crippen LogP contribution in [0.4, 0.5) is 5.69 Å². The number of aliphatic carboxylic acids is 1. The number of carboxylic acid groups (broad SMARTS) is 1. The molecule has 190 valence electrons. The number of hydrogen-bond donors (Lipinski definition) is 2. The third-order valence-corrected chi connectivity index (χ3v) is 7.02. The maximum absolute atomic E-state index is 12.6. The number of nitrogens with one attached hydrogen (secondary N) is 1. The highest BCUT2D eigenvalue weighted by molar-refractivity contribution is 6.05. The highest BCUT2D eigenvalue weighted by Gasteiger charge is 2.29. The zero-order valence-electron chi connectivity index (χ0n) is 20.3. The molecule has 0 atom stereocenters. The van der Waals surface area contributed by atoms with Crippen molar-refractivity contribution >= 4 is 29.4 Å². The van der Waals surface area contributed by atoms with Gasteiger partial charge in [-0.05, 0) is 43.4 Å². The van der Waals surface area contributed by atoms with Crippen LogP contribution in [-0.4, -0.2) is 64.9 Å². The Morgan fingerprint density at radius 2 is 1.97 bits per heavy atom. The van der Waals surface area contributed by atoms with E-state index >= 15 is 0 Å². The summed E-state index contributed by atoms with van der Waals surface area (Å²) in [6.07, 6.45) is 10.1. The second-order valence-corrected chi connectivity index (χ2v) is 9.79. The zero-order valence-corrected chi connectivity index (χ0v) is 20.3.